The Kier molecular flexibility index (Phi) is 9.50. The van der Waals surface area contributed by atoms with Crippen molar-refractivity contribution in [2.24, 2.45) is 5.92 Å². The van der Waals surface area contributed by atoms with Gasteiger partial charge in [0, 0.05) is 37.6 Å². The van der Waals surface area contributed by atoms with Crippen molar-refractivity contribution >= 4 is 23.8 Å². The maximum atomic E-state index is 13.9. The second kappa shape index (κ2) is 13.1. The van der Waals surface area contributed by atoms with Gasteiger partial charge in [0.15, 0.2) is 0 Å². The molecule has 0 unspecified atom stereocenters. The molecule has 0 spiro atoms. The number of fused-ring (bicyclic) bond motifs is 2. The number of amides is 2. The van der Waals surface area contributed by atoms with Gasteiger partial charge in [-0.3, -0.25) is 24.2 Å². The third kappa shape index (κ3) is 6.79. The van der Waals surface area contributed by atoms with Gasteiger partial charge in [-0.2, -0.15) is 18.3 Å². The molecule has 0 atom stereocenters. The predicted octanol–water partition coefficient (Wildman–Crippen LogP) is 3.94. The van der Waals surface area contributed by atoms with Gasteiger partial charge in [-0.05, 0) is 54.2 Å². The quantitative estimate of drug-likeness (QED) is 0.314. The monoisotopic (exact) mass is 612 g/mol. The molecular formula is C30H31F3N6O5. The lowest BCUT2D eigenvalue weighted by Gasteiger charge is -2.32. The number of carbonyl (C=O) groups is 3. The lowest BCUT2D eigenvalue weighted by Crippen LogP contribution is -2.39. The summed E-state index contributed by atoms with van der Waals surface area (Å²) in [4.78, 5) is 57.9. The minimum absolute atomic E-state index is 0.0412. The molecule has 14 heteroatoms. The van der Waals surface area contributed by atoms with Crippen LogP contribution in [0, 0.1) is 12.8 Å². The Bertz CT molecular complexity index is 1730. The Morgan fingerprint density at radius 1 is 1.18 bits per heavy atom. The van der Waals surface area contributed by atoms with Crippen molar-refractivity contribution < 1.29 is 32.7 Å². The minimum Gasteiger partial charge on any atom is -0.483 e. The molecule has 0 saturated heterocycles. The molecule has 2 N–H and O–H groups in total. The lowest BCUT2D eigenvalue weighted by atomic mass is 9.93. The molecule has 0 radical (unpaired) electrons. The van der Waals surface area contributed by atoms with Crippen molar-refractivity contribution in [3.05, 3.63) is 98.5 Å². The number of hydrogen-bond acceptors (Lipinski definition) is 6. The standard InChI is InChI=1S/C29H29F3N6O3.CH2O2/c1-17(2)12-37(13-21-8-7-20(11-33-21)29(30,31)32)27(40)22-6-4-5-19-9-10-36(14-24(19)22)28(41)23-15-38-25(18(23)3)26(39)34-16-35-38;2-1-3/h4-8,11,15-17H,9-10,12-14H2,1-3H3,(H,34,35,39);1H,(H,2,3). The van der Waals surface area contributed by atoms with Gasteiger partial charge in [0.2, 0.25) is 0 Å². The van der Waals surface area contributed by atoms with Crippen molar-refractivity contribution in [3.63, 3.8) is 0 Å². The first-order valence-corrected chi connectivity index (χ1v) is 13.7. The average molecular weight is 613 g/mol. The SMILES string of the molecule is Cc1c(C(=O)N2CCc3cccc(C(=O)N(Cc4ccc(C(F)(F)F)cn4)CC(C)C)c3C2)cn2nc[nH]c(=O)c12.O=CO. The van der Waals surface area contributed by atoms with Gasteiger partial charge in [-0.25, -0.2) is 4.52 Å². The number of H-pyrrole nitrogens is 1. The number of aromatic amines is 1. The molecule has 44 heavy (non-hydrogen) atoms. The summed E-state index contributed by atoms with van der Waals surface area (Å²) in [6, 6.07) is 7.69. The van der Waals surface area contributed by atoms with Crippen molar-refractivity contribution in [1.82, 2.24) is 29.4 Å². The van der Waals surface area contributed by atoms with E-state index in [0.717, 1.165) is 23.4 Å². The number of aryl methyl sites for hydroxylation is 1. The smallest absolute Gasteiger partial charge is 0.417 e. The highest BCUT2D eigenvalue weighted by Crippen LogP contribution is 2.29. The molecule has 3 aromatic heterocycles. The number of carboxylic acid groups (broad SMARTS) is 1. The Morgan fingerprint density at radius 2 is 1.91 bits per heavy atom. The largest absolute Gasteiger partial charge is 0.483 e. The molecule has 232 valence electrons. The number of nitrogens with one attached hydrogen (secondary N) is 1. The number of nitrogens with zero attached hydrogens (tertiary/aromatic N) is 5. The number of aromatic nitrogens is 4. The van der Waals surface area contributed by atoms with Crippen LogP contribution < -0.4 is 5.56 Å². The lowest BCUT2D eigenvalue weighted by molar-refractivity contribution is -0.137. The van der Waals surface area contributed by atoms with Gasteiger partial charge in [0.1, 0.15) is 11.8 Å². The van der Waals surface area contributed by atoms with Gasteiger partial charge < -0.3 is 19.9 Å². The van der Waals surface area contributed by atoms with E-state index in [1.807, 2.05) is 19.9 Å². The summed E-state index contributed by atoms with van der Waals surface area (Å²) in [5, 5.41) is 11.0. The zero-order valence-corrected chi connectivity index (χ0v) is 24.3. The molecule has 4 heterocycles. The number of pyridine rings is 1. The Balaban J connectivity index is 0.00000141. The van der Waals surface area contributed by atoms with Crippen LogP contribution in [0.25, 0.3) is 5.52 Å². The highest BCUT2D eigenvalue weighted by Gasteiger charge is 2.32. The topological polar surface area (TPSA) is 141 Å². The van der Waals surface area contributed by atoms with Crippen LogP contribution >= 0.6 is 0 Å². The Morgan fingerprint density at radius 3 is 2.52 bits per heavy atom. The maximum absolute atomic E-state index is 13.9. The van der Waals surface area contributed by atoms with E-state index in [1.165, 1.54) is 23.1 Å². The summed E-state index contributed by atoms with van der Waals surface area (Å²) < 4.78 is 40.4. The fraction of sp³-hybridized carbons (Fsp3) is 0.333. The summed E-state index contributed by atoms with van der Waals surface area (Å²) >= 11 is 0. The van der Waals surface area contributed by atoms with Crippen molar-refractivity contribution in [3.8, 4) is 0 Å². The van der Waals surface area contributed by atoms with Crippen LogP contribution in [0.15, 0.2) is 53.8 Å². The van der Waals surface area contributed by atoms with Gasteiger partial charge in [-0.1, -0.05) is 26.0 Å². The molecule has 11 nitrogen and oxygen atoms in total. The van der Waals surface area contributed by atoms with Crippen molar-refractivity contribution in [2.45, 2.75) is 46.5 Å². The van der Waals surface area contributed by atoms with Crippen molar-refractivity contribution in [2.75, 3.05) is 13.1 Å². The molecule has 1 aliphatic heterocycles. The second-order valence-corrected chi connectivity index (χ2v) is 10.7. The van der Waals surface area contributed by atoms with Crippen LogP contribution in [0.4, 0.5) is 13.2 Å². The second-order valence-electron chi connectivity index (χ2n) is 10.7. The first kappa shape index (κ1) is 31.9. The normalized spacial score (nSPS) is 12.8. The number of alkyl halides is 3. The minimum atomic E-state index is -4.50. The Hall–Kier alpha value is -5.01. The average Bonchev–Trinajstić information content (AvgIpc) is 3.32. The molecule has 0 aliphatic carbocycles. The van der Waals surface area contributed by atoms with E-state index < -0.39 is 11.7 Å². The molecule has 5 rings (SSSR count). The Labute approximate surface area is 249 Å². The van der Waals surface area contributed by atoms with E-state index in [1.54, 1.807) is 28.9 Å². The van der Waals surface area contributed by atoms with Crippen LogP contribution in [0.3, 0.4) is 0 Å². The predicted molar refractivity (Wildman–Crippen MR) is 153 cm³/mol. The molecule has 1 aliphatic rings. The first-order valence-electron chi connectivity index (χ1n) is 13.7. The van der Waals surface area contributed by atoms with Crippen LogP contribution in [0.2, 0.25) is 0 Å². The third-order valence-corrected chi connectivity index (χ3v) is 7.23. The number of rotatable bonds is 6. The van der Waals surface area contributed by atoms with E-state index in [0.29, 0.717) is 47.4 Å². The summed E-state index contributed by atoms with van der Waals surface area (Å²) in [5.74, 6) is -0.462. The zero-order valence-electron chi connectivity index (χ0n) is 24.3. The first-order chi connectivity index (χ1) is 20.8. The van der Waals surface area contributed by atoms with E-state index in [2.05, 4.69) is 15.1 Å². The van der Waals surface area contributed by atoms with Gasteiger partial charge in [-0.15, -0.1) is 0 Å². The van der Waals surface area contributed by atoms with Crippen LogP contribution in [0.5, 0.6) is 0 Å². The molecule has 0 fully saturated rings. The molecule has 0 saturated carbocycles. The fourth-order valence-electron chi connectivity index (χ4n) is 5.22. The summed E-state index contributed by atoms with van der Waals surface area (Å²) in [7, 11) is 0. The van der Waals surface area contributed by atoms with Crippen LogP contribution in [-0.4, -0.2) is 65.9 Å². The maximum Gasteiger partial charge on any atom is 0.417 e. The van der Waals surface area contributed by atoms with Crippen LogP contribution in [0.1, 0.15) is 62.5 Å². The zero-order chi connectivity index (χ0) is 32.2. The summed E-state index contributed by atoms with van der Waals surface area (Å²) in [6.07, 6.45) is -0.378. The third-order valence-electron chi connectivity index (χ3n) is 7.23. The molecule has 0 bridgehead atoms. The number of carbonyl (C=O) groups excluding carboxylic acids is 2. The highest BCUT2D eigenvalue weighted by atomic mass is 19.4. The van der Waals surface area contributed by atoms with E-state index >= 15 is 0 Å². The summed E-state index contributed by atoms with van der Waals surface area (Å²) in [6.45, 7) is 6.39. The molecule has 1 aromatic carbocycles. The summed E-state index contributed by atoms with van der Waals surface area (Å²) in [5.41, 5.74) is 2.43. The van der Waals surface area contributed by atoms with Gasteiger partial charge in [0.25, 0.3) is 23.8 Å². The van der Waals surface area contributed by atoms with Gasteiger partial charge >= 0.3 is 6.18 Å². The van der Waals surface area contributed by atoms with Crippen LogP contribution in [-0.2, 0) is 30.5 Å². The molecule has 2 amide bonds. The number of hydrogen-bond donors (Lipinski definition) is 2. The van der Waals surface area contributed by atoms with Crippen molar-refractivity contribution in [1.29, 1.82) is 0 Å². The molecular weight excluding hydrogens is 581 g/mol. The van der Waals surface area contributed by atoms with E-state index in [4.69, 9.17) is 9.90 Å². The molecule has 4 aromatic rings. The number of benzene rings is 1. The number of halogens is 3. The fourth-order valence-corrected chi connectivity index (χ4v) is 5.22. The van der Waals surface area contributed by atoms with E-state index in [9.17, 15) is 27.6 Å². The highest BCUT2D eigenvalue weighted by molar-refractivity contribution is 5.99. The van der Waals surface area contributed by atoms with Gasteiger partial charge in [0.05, 0.1) is 23.4 Å². The van der Waals surface area contributed by atoms with E-state index in [-0.39, 0.29) is 42.9 Å².